The summed E-state index contributed by atoms with van der Waals surface area (Å²) in [5, 5.41) is 21.5. The molecule has 0 aliphatic rings. The smallest absolute Gasteiger partial charge is 0.132 e. The fourth-order valence-electron chi connectivity index (χ4n) is 2.30. The number of rotatable bonds is 2. The van der Waals surface area contributed by atoms with Crippen molar-refractivity contribution in [3.05, 3.63) is 65.7 Å². The first-order valence-electron chi connectivity index (χ1n) is 6.69. The van der Waals surface area contributed by atoms with Crippen LogP contribution in [-0.2, 0) is 0 Å². The fourth-order valence-corrected chi connectivity index (χ4v) is 2.30. The fraction of sp³-hybridized carbons (Fsp3) is 0.0556. The van der Waals surface area contributed by atoms with Crippen molar-refractivity contribution in [2.45, 2.75) is 6.92 Å². The van der Waals surface area contributed by atoms with Crippen LogP contribution in [0.15, 0.2) is 59.6 Å². The van der Waals surface area contributed by atoms with Gasteiger partial charge in [0, 0.05) is 17.2 Å². The van der Waals surface area contributed by atoms with Gasteiger partial charge >= 0.3 is 0 Å². The Kier molecular flexibility index (Phi) is 3.32. The third kappa shape index (κ3) is 2.58. The highest BCUT2D eigenvalue weighted by atomic mass is 16.3. The SMILES string of the molecule is Cc1cc(O)ccc1N=Cc1ccc2ccccc2c1O. The van der Waals surface area contributed by atoms with Crippen molar-refractivity contribution < 1.29 is 10.2 Å². The van der Waals surface area contributed by atoms with E-state index in [1.807, 2.05) is 43.3 Å². The normalized spacial score (nSPS) is 11.3. The number of phenols is 2. The lowest BCUT2D eigenvalue weighted by Gasteiger charge is -2.05. The highest BCUT2D eigenvalue weighted by molar-refractivity contribution is 5.97. The van der Waals surface area contributed by atoms with Gasteiger partial charge in [0.1, 0.15) is 11.5 Å². The Morgan fingerprint density at radius 2 is 1.76 bits per heavy atom. The number of aliphatic imine (C=N–C) groups is 1. The predicted molar refractivity (Wildman–Crippen MR) is 85.7 cm³/mol. The number of hydrogen-bond acceptors (Lipinski definition) is 3. The van der Waals surface area contributed by atoms with Crippen molar-refractivity contribution in [3.8, 4) is 11.5 Å². The predicted octanol–water partition coefficient (Wildman–Crippen LogP) is 4.31. The molecule has 0 saturated carbocycles. The summed E-state index contributed by atoms with van der Waals surface area (Å²) in [6.07, 6.45) is 1.64. The molecule has 0 aliphatic carbocycles. The Balaban J connectivity index is 2.01. The van der Waals surface area contributed by atoms with Gasteiger partial charge in [0.2, 0.25) is 0 Å². The minimum atomic E-state index is 0.222. The minimum absolute atomic E-state index is 0.222. The van der Waals surface area contributed by atoms with Crippen LogP contribution in [0.4, 0.5) is 5.69 Å². The molecule has 0 spiro atoms. The summed E-state index contributed by atoms with van der Waals surface area (Å²) in [5.41, 5.74) is 2.31. The van der Waals surface area contributed by atoms with Gasteiger partial charge in [-0.15, -0.1) is 0 Å². The Morgan fingerprint density at radius 3 is 2.57 bits per heavy atom. The molecule has 0 fully saturated rings. The standard InChI is InChI=1S/C18H15NO2/c1-12-10-15(20)8-9-17(12)19-11-14-7-6-13-4-2-3-5-16(13)18(14)21/h2-11,20-21H,1H3. The second-order valence-electron chi connectivity index (χ2n) is 4.95. The Morgan fingerprint density at radius 1 is 0.952 bits per heavy atom. The second kappa shape index (κ2) is 5.29. The molecule has 0 saturated heterocycles. The molecule has 104 valence electrons. The molecule has 3 nitrogen and oxygen atoms in total. The third-order valence-electron chi connectivity index (χ3n) is 3.45. The van der Waals surface area contributed by atoms with Gasteiger partial charge in [-0.3, -0.25) is 4.99 Å². The molecule has 2 N–H and O–H groups in total. The molecule has 0 heterocycles. The average molecular weight is 277 g/mol. The van der Waals surface area contributed by atoms with E-state index in [1.165, 1.54) is 0 Å². The van der Waals surface area contributed by atoms with Gasteiger partial charge in [-0.1, -0.05) is 30.3 Å². The molecule has 0 aromatic heterocycles. The van der Waals surface area contributed by atoms with E-state index < -0.39 is 0 Å². The van der Waals surface area contributed by atoms with E-state index in [-0.39, 0.29) is 11.5 Å². The Bertz CT molecular complexity index is 838. The minimum Gasteiger partial charge on any atom is -0.508 e. The van der Waals surface area contributed by atoms with Crippen molar-refractivity contribution in [1.29, 1.82) is 0 Å². The monoisotopic (exact) mass is 277 g/mol. The van der Waals surface area contributed by atoms with E-state index in [0.717, 1.165) is 22.0 Å². The van der Waals surface area contributed by atoms with Crippen LogP contribution in [0.25, 0.3) is 10.8 Å². The zero-order chi connectivity index (χ0) is 14.8. The summed E-state index contributed by atoms with van der Waals surface area (Å²) in [5.74, 6) is 0.452. The molecule has 3 rings (SSSR count). The first kappa shape index (κ1) is 13.2. The number of fused-ring (bicyclic) bond motifs is 1. The lowest BCUT2D eigenvalue weighted by Crippen LogP contribution is -1.85. The maximum atomic E-state index is 10.3. The van der Waals surface area contributed by atoms with E-state index in [9.17, 15) is 10.2 Å². The number of benzene rings is 3. The molecule has 0 bridgehead atoms. The largest absolute Gasteiger partial charge is 0.508 e. The Labute approximate surface area is 122 Å². The van der Waals surface area contributed by atoms with Gasteiger partial charge < -0.3 is 10.2 Å². The third-order valence-corrected chi connectivity index (χ3v) is 3.45. The van der Waals surface area contributed by atoms with Crippen molar-refractivity contribution in [1.82, 2.24) is 0 Å². The van der Waals surface area contributed by atoms with Crippen LogP contribution in [-0.4, -0.2) is 16.4 Å². The van der Waals surface area contributed by atoms with E-state index in [2.05, 4.69) is 4.99 Å². The second-order valence-corrected chi connectivity index (χ2v) is 4.95. The Hall–Kier alpha value is -2.81. The summed E-state index contributed by atoms with van der Waals surface area (Å²) < 4.78 is 0. The van der Waals surface area contributed by atoms with Crippen molar-refractivity contribution >= 4 is 22.7 Å². The van der Waals surface area contributed by atoms with E-state index in [0.29, 0.717) is 5.56 Å². The molecule has 0 amide bonds. The molecule has 3 aromatic carbocycles. The van der Waals surface area contributed by atoms with Crippen LogP contribution in [0.5, 0.6) is 11.5 Å². The van der Waals surface area contributed by atoms with E-state index in [1.54, 1.807) is 24.4 Å². The van der Waals surface area contributed by atoms with Crippen molar-refractivity contribution in [3.63, 3.8) is 0 Å². The number of nitrogens with zero attached hydrogens (tertiary/aromatic N) is 1. The van der Waals surface area contributed by atoms with Crippen LogP contribution < -0.4 is 0 Å². The van der Waals surface area contributed by atoms with Gasteiger partial charge in [-0.25, -0.2) is 0 Å². The van der Waals surface area contributed by atoms with Gasteiger partial charge in [0.05, 0.1) is 5.69 Å². The average Bonchev–Trinajstić information content (AvgIpc) is 2.48. The van der Waals surface area contributed by atoms with Crippen LogP contribution in [0, 0.1) is 6.92 Å². The van der Waals surface area contributed by atoms with Gasteiger partial charge in [0.25, 0.3) is 0 Å². The van der Waals surface area contributed by atoms with Crippen LogP contribution in [0.2, 0.25) is 0 Å². The topological polar surface area (TPSA) is 52.8 Å². The van der Waals surface area contributed by atoms with Crippen molar-refractivity contribution in [2.24, 2.45) is 4.99 Å². The zero-order valence-electron chi connectivity index (χ0n) is 11.6. The lowest BCUT2D eigenvalue weighted by atomic mass is 10.1. The highest BCUT2D eigenvalue weighted by Gasteiger charge is 2.04. The first-order valence-corrected chi connectivity index (χ1v) is 6.69. The molecular formula is C18H15NO2. The maximum Gasteiger partial charge on any atom is 0.132 e. The molecule has 3 aromatic rings. The van der Waals surface area contributed by atoms with Gasteiger partial charge in [-0.2, -0.15) is 0 Å². The lowest BCUT2D eigenvalue weighted by molar-refractivity contribution is 0.475. The molecule has 0 aliphatic heterocycles. The molecule has 0 unspecified atom stereocenters. The summed E-state index contributed by atoms with van der Waals surface area (Å²) in [6.45, 7) is 1.88. The van der Waals surface area contributed by atoms with Crippen LogP contribution in [0.1, 0.15) is 11.1 Å². The molecule has 21 heavy (non-hydrogen) atoms. The van der Waals surface area contributed by atoms with Crippen LogP contribution >= 0.6 is 0 Å². The molecular weight excluding hydrogens is 262 g/mol. The van der Waals surface area contributed by atoms with Gasteiger partial charge in [0.15, 0.2) is 0 Å². The summed E-state index contributed by atoms with van der Waals surface area (Å²) in [4.78, 5) is 4.39. The maximum absolute atomic E-state index is 10.3. The summed E-state index contributed by atoms with van der Waals surface area (Å²) in [7, 11) is 0. The number of phenolic OH excluding ortho intramolecular Hbond substituents is 2. The van der Waals surface area contributed by atoms with Crippen molar-refractivity contribution in [2.75, 3.05) is 0 Å². The number of hydrogen-bond donors (Lipinski definition) is 2. The quantitative estimate of drug-likeness (QED) is 0.686. The van der Waals surface area contributed by atoms with Crippen LogP contribution in [0.3, 0.4) is 0 Å². The molecule has 3 heteroatoms. The summed E-state index contributed by atoms with van der Waals surface area (Å²) in [6, 6.07) is 16.5. The zero-order valence-corrected chi connectivity index (χ0v) is 11.6. The molecule has 0 atom stereocenters. The molecule has 0 radical (unpaired) electrons. The summed E-state index contributed by atoms with van der Waals surface area (Å²) >= 11 is 0. The number of aryl methyl sites for hydroxylation is 1. The van der Waals surface area contributed by atoms with Gasteiger partial charge in [-0.05, 0) is 42.1 Å². The first-order chi connectivity index (χ1) is 10.1. The van der Waals surface area contributed by atoms with E-state index >= 15 is 0 Å². The highest BCUT2D eigenvalue weighted by Crippen LogP contribution is 2.28. The number of aromatic hydroxyl groups is 2. The van der Waals surface area contributed by atoms with E-state index in [4.69, 9.17) is 0 Å².